The SMILES string of the molecule is CC[C@@H](C)c1ccccc1NC(=O)Cc1coc2cc(OC)ccc12. The number of rotatable bonds is 6. The molecule has 0 saturated carbocycles. The molecule has 0 bridgehead atoms. The molecule has 0 unspecified atom stereocenters. The highest BCUT2D eigenvalue weighted by molar-refractivity contribution is 5.96. The molecule has 0 fully saturated rings. The number of benzene rings is 2. The highest BCUT2D eigenvalue weighted by atomic mass is 16.5. The van der Waals surface area contributed by atoms with Gasteiger partial charge in [-0.1, -0.05) is 32.0 Å². The first kappa shape index (κ1) is 17.1. The van der Waals surface area contributed by atoms with E-state index in [0.717, 1.165) is 34.4 Å². The monoisotopic (exact) mass is 337 g/mol. The van der Waals surface area contributed by atoms with Crippen LogP contribution < -0.4 is 10.1 Å². The number of para-hydroxylation sites is 1. The van der Waals surface area contributed by atoms with E-state index in [0.29, 0.717) is 5.92 Å². The molecule has 0 radical (unpaired) electrons. The molecular weight excluding hydrogens is 314 g/mol. The van der Waals surface area contributed by atoms with Crippen LogP contribution in [0, 0.1) is 0 Å². The number of furan rings is 1. The Morgan fingerprint density at radius 2 is 2.04 bits per heavy atom. The van der Waals surface area contributed by atoms with Crippen LogP contribution in [-0.4, -0.2) is 13.0 Å². The second kappa shape index (κ2) is 7.43. The van der Waals surface area contributed by atoms with Crippen LogP contribution in [-0.2, 0) is 11.2 Å². The highest BCUT2D eigenvalue weighted by Crippen LogP contribution is 2.28. The number of carbonyl (C=O) groups is 1. The number of hydrogen-bond donors (Lipinski definition) is 1. The van der Waals surface area contributed by atoms with E-state index in [4.69, 9.17) is 9.15 Å². The summed E-state index contributed by atoms with van der Waals surface area (Å²) in [5.74, 6) is 1.09. The third kappa shape index (κ3) is 3.68. The molecule has 2 aromatic carbocycles. The summed E-state index contributed by atoms with van der Waals surface area (Å²) in [5, 5.41) is 3.98. The minimum atomic E-state index is -0.0470. The fourth-order valence-electron chi connectivity index (χ4n) is 2.96. The molecule has 25 heavy (non-hydrogen) atoms. The zero-order chi connectivity index (χ0) is 17.8. The lowest BCUT2D eigenvalue weighted by Gasteiger charge is -2.15. The number of anilines is 1. The molecule has 0 spiro atoms. The molecule has 0 aliphatic carbocycles. The quantitative estimate of drug-likeness (QED) is 0.678. The summed E-state index contributed by atoms with van der Waals surface area (Å²) in [5.41, 5.74) is 3.65. The predicted molar refractivity (Wildman–Crippen MR) is 100 cm³/mol. The molecule has 4 nitrogen and oxygen atoms in total. The fourth-order valence-corrected chi connectivity index (χ4v) is 2.96. The Morgan fingerprint density at radius 3 is 2.80 bits per heavy atom. The van der Waals surface area contributed by atoms with Crippen molar-refractivity contribution in [1.82, 2.24) is 0 Å². The maximum atomic E-state index is 12.5. The van der Waals surface area contributed by atoms with E-state index in [1.807, 2.05) is 36.4 Å². The van der Waals surface area contributed by atoms with Crippen LogP contribution in [0.5, 0.6) is 5.75 Å². The topological polar surface area (TPSA) is 51.5 Å². The number of ether oxygens (including phenoxy) is 1. The van der Waals surface area contributed by atoms with Gasteiger partial charge in [-0.15, -0.1) is 0 Å². The average Bonchev–Trinajstić information content (AvgIpc) is 3.03. The number of fused-ring (bicyclic) bond motifs is 1. The third-order valence-corrected chi connectivity index (χ3v) is 4.59. The van der Waals surface area contributed by atoms with Crippen LogP contribution in [0.25, 0.3) is 11.0 Å². The first-order valence-corrected chi connectivity index (χ1v) is 8.55. The Hall–Kier alpha value is -2.75. The summed E-state index contributed by atoms with van der Waals surface area (Å²) in [4.78, 5) is 12.5. The molecule has 1 aromatic heterocycles. The summed E-state index contributed by atoms with van der Waals surface area (Å²) in [6.07, 6.45) is 2.94. The molecular formula is C21H23NO3. The van der Waals surface area contributed by atoms with E-state index in [2.05, 4.69) is 25.2 Å². The summed E-state index contributed by atoms with van der Waals surface area (Å²) >= 11 is 0. The van der Waals surface area contributed by atoms with Crippen LogP contribution in [0.1, 0.15) is 37.3 Å². The first-order valence-electron chi connectivity index (χ1n) is 8.55. The third-order valence-electron chi connectivity index (χ3n) is 4.59. The fraction of sp³-hybridized carbons (Fsp3) is 0.286. The van der Waals surface area contributed by atoms with Crippen molar-refractivity contribution < 1.29 is 13.9 Å². The number of carbonyl (C=O) groups excluding carboxylic acids is 1. The summed E-state index contributed by atoms with van der Waals surface area (Å²) in [7, 11) is 1.62. The standard InChI is InChI=1S/C21H23NO3/c1-4-14(2)17-7-5-6-8-19(17)22-21(23)11-15-13-25-20-12-16(24-3)9-10-18(15)20/h5-10,12-14H,4,11H2,1-3H3,(H,22,23)/t14-/m1/s1. The summed E-state index contributed by atoms with van der Waals surface area (Å²) in [6, 6.07) is 13.6. The molecule has 1 heterocycles. The van der Waals surface area contributed by atoms with Crippen molar-refractivity contribution in [3.05, 3.63) is 59.9 Å². The van der Waals surface area contributed by atoms with Gasteiger partial charge in [-0.2, -0.15) is 0 Å². The molecule has 3 aromatic rings. The minimum Gasteiger partial charge on any atom is -0.497 e. The van der Waals surface area contributed by atoms with Gasteiger partial charge in [0.1, 0.15) is 11.3 Å². The van der Waals surface area contributed by atoms with Gasteiger partial charge < -0.3 is 14.5 Å². The van der Waals surface area contributed by atoms with Crippen molar-refractivity contribution in [2.75, 3.05) is 12.4 Å². The van der Waals surface area contributed by atoms with Crippen LogP contribution in [0.3, 0.4) is 0 Å². The van der Waals surface area contributed by atoms with Crippen molar-refractivity contribution in [3.63, 3.8) is 0 Å². The largest absolute Gasteiger partial charge is 0.497 e. The van der Waals surface area contributed by atoms with Gasteiger partial charge in [-0.05, 0) is 36.1 Å². The average molecular weight is 337 g/mol. The van der Waals surface area contributed by atoms with Crippen LogP contribution in [0.4, 0.5) is 5.69 Å². The Labute approximate surface area is 147 Å². The van der Waals surface area contributed by atoms with Gasteiger partial charge in [0.05, 0.1) is 19.8 Å². The van der Waals surface area contributed by atoms with Crippen LogP contribution in [0.15, 0.2) is 53.1 Å². The summed E-state index contributed by atoms with van der Waals surface area (Å²) in [6.45, 7) is 4.32. The van der Waals surface area contributed by atoms with E-state index in [9.17, 15) is 4.79 Å². The Kier molecular flexibility index (Phi) is 5.08. The molecule has 130 valence electrons. The lowest BCUT2D eigenvalue weighted by atomic mass is 9.97. The number of hydrogen-bond acceptors (Lipinski definition) is 3. The Balaban J connectivity index is 1.78. The van der Waals surface area contributed by atoms with E-state index < -0.39 is 0 Å². The van der Waals surface area contributed by atoms with Gasteiger partial charge in [-0.25, -0.2) is 0 Å². The maximum Gasteiger partial charge on any atom is 0.228 e. The second-order valence-corrected chi connectivity index (χ2v) is 6.24. The van der Waals surface area contributed by atoms with Crippen molar-refractivity contribution in [2.45, 2.75) is 32.6 Å². The van der Waals surface area contributed by atoms with Crippen molar-refractivity contribution in [1.29, 1.82) is 0 Å². The van der Waals surface area contributed by atoms with Crippen LogP contribution in [0.2, 0.25) is 0 Å². The van der Waals surface area contributed by atoms with Gasteiger partial charge in [0, 0.05) is 22.7 Å². The van der Waals surface area contributed by atoms with Gasteiger partial charge in [0.15, 0.2) is 0 Å². The van der Waals surface area contributed by atoms with E-state index in [1.54, 1.807) is 13.4 Å². The Morgan fingerprint density at radius 1 is 1.24 bits per heavy atom. The number of methoxy groups -OCH3 is 1. The summed E-state index contributed by atoms with van der Waals surface area (Å²) < 4.78 is 10.8. The van der Waals surface area contributed by atoms with E-state index >= 15 is 0 Å². The molecule has 3 rings (SSSR count). The number of nitrogens with one attached hydrogen (secondary N) is 1. The van der Waals surface area contributed by atoms with Crippen molar-refractivity contribution in [3.8, 4) is 5.75 Å². The zero-order valence-electron chi connectivity index (χ0n) is 14.8. The molecule has 0 aliphatic rings. The molecule has 1 amide bonds. The maximum absolute atomic E-state index is 12.5. The predicted octanol–water partition coefficient (Wildman–Crippen LogP) is 5.14. The van der Waals surface area contributed by atoms with Crippen molar-refractivity contribution >= 4 is 22.6 Å². The zero-order valence-corrected chi connectivity index (χ0v) is 14.8. The molecule has 1 atom stereocenters. The smallest absolute Gasteiger partial charge is 0.228 e. The van der Waals surface area contributed by atoms with Gasteiger partial charge in [0.2, 0.25) is 5.91 Å². The second-order valence-electron chi connectivity index (χ2n) is 6.24. The lowest BCUT2D eigenvalue weighted by molar-refractivity contribution is -0.115. The van der Waals surface area contributed by atoms with Gasteiger partial charge in [-0.3, -0.25) is 4.79 Å². The van der Waals surface area contributed by atoms with Gasteiger partial charge in [0.25, 0.3) is 0 Å². The van der Waals surface area contributed by atoms with Crippen molar-refractivity contribution in [2.24, 2.45) is 0 Å². The minimum absolute atomic E-state index is 0.0470. The normalized spacial score (nSPS) is 12.1. The number of amides is 1. The van der Waals surface area contributed by atoms with Crippen LogP contribution >= 0.6 is 0 Å². The molecule has 4 heteroatoms. The highest BCUT2D eigenvalue weighted by Gasteiger charge is 2.14. The molecule has 1 N–H and O–H groups in total. The Bertz CT molecular complexity index is 882. The first-order chi connectivity index (χ1) is 12.1. The molecule has 0 saturated heterocycles. The van der Waals surface area contributed by atoms with E-state index in [-0.39, 0.29) is 12.3 Å². The van der Waals surface area contributed by atoms with E-state index in [1.165, 1.54) is 5.56 Å². The lowest BCUT2D eigenvalue weighted by Crippen LogP contribution is -2.15. The molecule has 0 aliphatic heterocycles. The van der Waals surface area contributed by atoms with Gasteiger partial charge >= 0.3 is 0 Å².